The number of hydrogen-bond donors (Lipinski definition) is 0. The van der Waals surface area contributed by atoms with E-state index in [0.29, 0.717) is 11.5 Å². The van der Waals surface area contributed by atoms with Gasteiger partial charge in [0.1, 0.15) is 5.83 Å². The second kappa shape index (κ2) is 14.1. The van der Waals surface area contributed by atoms with Crippen LogP contribution in [0.1, 0.15) is 40.5 Å². The summed E-state index contributed by atoms with van der Waals surface area (Å²) in [6, 6.07) is 0. The minimum atomic E-state index is -1.13. The Kier molecular flexibility index (Phi) is 12.7. The lowest BCUT2D eigenvalue weighted by molar-refractivity contribution is 0.555. The highest BCUT2D eigenvalue weighted by atomic mass is 19.2. The lowest BCUT2D eigenvalue weighted by atomic mass is 10.00. The molecule has 3 heteroatoms. The Bertz CT molecular complexity index is 941. The maximum absolute atomic E-state index is 14.6. The molecule has 0 saturated heterocycles. The predicted molar refractivity (Wildman–Crippen MR) is 135 cm³/mol. The minimum Gasteiger partial charge on any atom is -0.206 e. The van der Waals surface area contributed by atoms with Crippen LogP contribution in [0.5, 0.6) is 0 Å². The molecule has 0 spiro atoms. The first-order chi connectivity index (χ1) is 14.8. The molecule has 0 aromatic carbocycles. The van der Waals surface area contributed by atoms with Gasteiger partial charge in [-0.25, -0.2) is 13.2 Å². The van der Waals surface area contributed by atoms with E-state index in [2.05, 4.69) is 53.3 Å². The quantitative estimate of drug-likeness (QED) is 0.197. The number of hydrogen-bond acceptors (Lipinski definition) is 0. The molecule has 0 bridgehead atoms. The fraction of sp³-hybridized carbons (Fsp3) is 0.241. The molecule has 0 aliphatic heterocycles. The van der Waals surface area contributed by atoms with Gasteiger partial charge in [0, 0.05) is 11.1 Å². The van der Waals surface area contributed by atoms with Crippen molar-refractivity contribution >= 4 is 0 Å². The third-order valence-corrected chi connectivity index (χ3v) is 4.62. The standard InChI is InChI=1S/C29H35F3/c1-11-12-13-23(7)28(31)29(32)26(10)22(6)17-16-21(5)25(9)27(30)18-24(8)20(4)15-14-19(2)3/h11-12,15-19H,5-10,13-14H2,1-4H3/b12-11-,17-16-,20-15+,27-18+,29-28-. The van der Waals surface area contributed by atoms with Gasteiger partial charge in [-0.15, -0.1) is 0 Å². The van der Waals surface area contributed by atoms with Crippen molar-refractivity contribution < 1.29 is 13.2 Å². The second-order valence-electron chi connectivity index (χ2n) is 7.88. The Morgan fingerprint density at radius 1 is 0.812 bits per heavy atom. The van der Waals surface area contributed by atoms with Crippen molar-refractivity contribution in [2.75, 3.05) is 0 Å². The molecular formula is C29H35F3. The summed E-state index contributed by atoms with van der Waals surface area (Å²) in [5.41, 5.74) is 1.63. The Morgan fingerprint density at radius 2 is 1.34 bits per heavy atom. The van der Waals surface area contributed by atoms with Crippen molar-refractivity contribution in [1.82, 2.24) is 0 Å². The average molecular weight is 441 g/mol. The maximum Gasteiger partial charge on any atom is 0.166 e. The Labute approximate surface area is 192 Å². The minimum absolute atomic E-state index is 0.00138. The molecule has 0 rings (SSSR count). The van der Waals surface area contributed by atoms with E-state index in [1.807, 2.05) is 13.0 Å². The van der Waals surface area contributed by atoms with Crippen molar-refractivity contribution in [2.24, 2.45) is 5.92 Å². The zero-order valence-corrected chi connectivity index (χ0v) is 19.8. The third kappa shape index (κ3) is 9.82. The molecule has 172 valence electrons. The van der Waals surface area contributed by atoms with Gasteiger partial charge in [0.25, 0.3) is 0 Å². The van der Waals surface area contributed by atoms with Crippen LogP contribution in [0.15, 0.2) is 132 Å². The molecule has 0 aromatic heterocycles. The number of allylic oxidation sites excluding steroid dienone is 16. The van der Waals surface area contributed by atoms with Gasteiger partial charge < -0.3 is 0 Å². The van der Waals surface area contributed by atoms with Crippen LogP contribution in [-0.4, -0.2) is 0 Å². The molecule has 0 fully saturated rings. The molecule has 0 unspecified atom stereocenters. The summed E-state index contributed by atoms with van der Waals surface area (Å²) >= 11 is 0. The Morgan fingerprint density at radius 3 is 1.84 bits per heavy atom. The third-order valence-electron chi connectivity index (χ3n) is 4.62. The Hall–Kier alpha value is -3.07. The van der Waals surface area contributed by atoms with Crippen LogP contribution < -0.4 is 0 Å². The normalized spacial score (nSPS) is 13.5. The second-order valence-corrected chi connectivity index (χ2v) is 7.88. The van der Waals surface area contributed by atoms with E-state index in [4.69, 9.17) is 0 Å². The monoisotopic (exact) mass is 440 g/mol. The van der Waals surface area contributed by atoms with Gasteiger partial charge in [-0.05, 0) is 66.5 Å². The summed E-state index contributed by atoms with van der Waals surface area (Å²) in [4.78, 5) is 0. The highest BCUT2D eigenvalue weighted by Crippen LogP contribution is 2.29. The molecule has 0 nitrogen and oxygen atoms in total. The molecule has 0 amide bonds. The fourth-order valence-corrected chi connectivity index (χ4v) is 2.23. The largest absolute Gasteiger partial charge is 0.206 e. The van der Waals surface area contributed by atoms with Crippen molar-refractivity contribution in [3.05, 3.63) is 132 Å². The van der Waals surface area contributed by atoms with Gasteiger partial charge in [0.15, 0.2) is 11.7 Å². The van der Waals surface area contributed by atoms with E-state index >= 15 is 0 Å². The summed E-state index contributed by atoms with van der Waals surface area (Å²) in [6.07, 6.45) is 10.6. The molecule has 0 aromatic rings. The molecule has 0 aliphatic carbocycles. The van der Waals surface area contributed by atoms with Crippen LogP contribution in [0.4, 0.5) is 13.2 Å². The van der Waals surface area contributed by atoms with Crippen LogP contribution in [0, 0.1) is 5.92 Å². The van der Waals surface area contributed by atoms with Crippen LogP contribution >= 0.6 is 0 Å². The molecule has 0 aliphatic rings. The highest BCUT2D eigenvalue weighted by Gasteiger charge is 2.14. The molecule has 0 radical (unpaired) electrons. The van der Waals surface area contributed by atoms with E-state index in [1.165, 1.54) is 18.2 Å². The molecule has 0 heterocycles. The van der Waals surface area contributed by atoms with Gasteiger partial charge in [-0.1, -0.05) is 83.7 Å². The average Bonchev–Trinajstić information content (AvgIpc) is 2.76. The maximum atomic E-state index is 14.6. The van der Waals surface area contributed by atoms with E-state index in [9.17, 15) is 13.2 Å². The van der Waals surface area contributed by atoms with Crippen molar-refractivity contribution in [2.45, 2.75) is 40.5 Å². The van der Waals surface area contributed by atoms with Gasteiger partial charge in [0.2, 0.25) is 0 Å². The first-order valence-corrected chi connectivity index (χ1v) is 10.4. The van der Waals surface area contributed by atoms with E-state index in [1.54, 1.807) is 19.1 Å². The highest BCUT2D eigenvalue weighted by molar-refractivity contribution is 5.54. The fourth-order valence-electron chi connectivity index (χ4n) is 2.23. The number of halogens is 3. The summed E-state index contributed by atoms with van der Waals surface area (Å²) < 4.78 is 43.1. The van der Waals surface area contributed by atoms with E-state index < -0.39 is 17.5 Å². The molecule has 0 N–H and O–H groups in total. The van der Waals surface area contributed by atoms with Crippen LogP contribution in [-0.2, 0) is 0 Å². The van der Waals surface area contributed by atoms with Crippen molar-refractivity contribution in [3.8, 4) is 0 Å². The summed E-state index contributed by atoms with van der Waals surface area (Å²) in [7, 11) is 0. The lowest BCUT2D eigenvalue weighted by Crippen LogP contribution is -1.92. The van der Waals surface area contributed by atoms with Gasteiger partial charge in [-0.3, -0.25) is 0 Å². The van der Waals surface area contributed by atoms with E-state index in [0.717, 1.165) is 12.0 Å². The van der Waals surface area contributed by atoms with Crippen LogP contribution in [0.25, 0.3) is 0 Å². The first kappa shape index (κ1) is 28.9. The summed E-state index contributed by atoms with van der Waals surface area (Å²) in [6.45, 7) is 30.0. The molecular weight excluding hydrogens is 405 g/mol. The topological polar surface area (TPSA) is 0 Å². The van der Waals surface area contributed by atoms with Crippen molar-refractivity contribution in [1.29, 1.82) is 0 Å². The summed E-state index contributed by atoms with van der Waals surface area (Å²) in [5.74, 6) is -2.29. The zero-order chi connectivity index (χ0) is 25.0. The number of rotatable bonds is 13. The van der Waals surface area contributed by atoms with Gasteiger partial charge in [0.05, 0.1) is 0 Å². The lowest BCUT2D eigenvalue weighted by Gasteiger charge is -2.08. The molecule has 0 atom stereocenters. The molecule has 0 saturated carbocycles. The van der Waals surface area contributed by atoms with Gasteiger partial charge >= 0.3 is 0 Å². The zero-order valence-electron chi connectivity index (χ0n) is 19.8. The Balaban J connectivity index is 5.29. The molecule has 32 heavy (non-hydrogen) atoms. The van der Waals surface area contributed by atoms with Crippen LogP contribution in [0.2, 0.25) is 0 Å². The summed E-state index contributed by atoms with van der Waals surface area (Å²) in [5, 5.41) is 0. The van der Waals surface area contributed by atoms with Gasteiger partial charge in [-0.2, -0.15) is 0 Å². The van der Waals surface area contributed by atoms with E-state index in [-0.39, 0.29) is 34.3 Å². The first-order valence-electron chi connectivity index (χ1n) is 10.4. The SMILES string of the molecule is C=C(/C=C\C(=C)C(=C)/C(F)=C\C(=C)/C(C)=C/CC(C)C)C(=C)/C(F)=C(/F)C(=C)C/C=C\C. The van der Waals surface area contributed by atoms with Crippen LogP contribution in [0.3, 0.4) is 0 Å². The predicted octanol–water partition coefficient (Wildman–Crippen LogP) is 9.84. The smallest absolute Gasteiger partial charge is 0.166 e. The van der Waals surface area contributed by atoms with Crippen molar-refractivity contribution in [3.63, 3.8) is 0 Å².